The van der Waals surface area contributed by atoms with Crippen LogP contribution in [0.15, 0.2) is 59.1 Å². The first-order valence-electron chi connectivity index (χ1n) is 11.5. The molecule has 5 rings (SSSR count). The van der Waals surface area contributed by atoms with Crippen molar-refractivity contribution in [3.05, 3.63) is 81.3 Å². The number of carboxylic acids is 1. The lowest BCUT2D eigenvalue weighted by Crippen LogP contribution is -2.32. The fourth-order valence-electron chi connectivity index (χ4n) is 5.02. The van der Waals surface area contributed by atoms with Gasteiger partial charge in [0, 0.05) is 28.2 Å². The predicted octanol–water partition coefficient (Wildman–Crippen LogP) is 7.61. The molecular formula is C29H30BrNO4. The molecular weight excluding hydrogens is 506 g/mol. The van der Waals surface area contributed by atoms with Gasteiger partial charge in [-0.3, -0.25) is 4.79 Å². The number of carbonyl (C=O) groups is 1. The van der Waals surface area contributed by atoms with E-state index in [4.69, 9.17) is 19.4 Å². The molecule has 3 aromatic carbocycles. The summed E-state index contributed by atoms with van der Waals surface area (Å²) in [6.07, 6.45) is 2.09. The van der Waals surface area contributed by atoms with Gasteiger partial charge in [-0.15, -0.1) is 0 Å². The summed E-state index contributed by atoms with van der Waals surface area (Å²) in [6.45, 7) is 9.79. The van der Waals surface area contributed by atoms with Gasteiger partial charge in [0.1, 0.15) is 11.5 Å². The van der Waals surface area contributed by atoms with E-state index in [0.29, 0.717) is 0 Å². The maximum Gasteiger partial charge on any atom is 0.300 e. The van der Waals surface area contributed by atoms with E-state index in [1.807, 2.05) is 18.2 Å². The van der Waals surface area contributed by atoms with E-state index >= 15 is 0 Å². The summed E-state index contributed by atoms with van der Waals surface area (Å²) < 4.78 is 13.5. The third-order valence-corrected chi connectivity index (χ3v) is 6.48. The maximum absolute atomic E-state index is 9.00. The number of hydrogen-bond donors (Lipinski definition) is 2. The van der Waals surface area contributed by atoms with Crippen LogP contribution in [-0.4, -0.2) is 23.7 Å². The second-order valence-corrected chi connectivity index (χ2v) is 10.5. The van der Waals surface area contributed by atoms with Crippen LogP contribution < -0.4 is 14.8 Å². The Bertz CT molecular complexity index is 1320. The second-order valence-electron chi connectivity index (χ2n) is 9.54. The van der Waals surface area contributed by atoms with Gasteiger partial charge in [-0.2, -0.15) is 0 Å². The third-order valence-electron chi connectivity index (χ3n) is 6.03. The first kappa shape index (κ1) is 24.9. The third kappa shape index (κ3) is 4.94. The topological polar surface area (TPSA) is 67.8 Å². The first-order valence-corrected chi connectivity index (χ1v) is 12.3. The molecule has 5 nitrogen and oxygen atoms in total. The van der Waals surface area contributed by atoms with Crippen molar-refractivity contribution >= 4 is 33.2 Å². The maximum atomic E-state index is 9.00. The minimum absolute atomic E-state index is 0.0989. The molecule has 0 aliphatic carbocycles. The van der Waals surface area contributed by atoms with Gasteiger partial charge in [-0.25, -0.2) is 0 Å². The van der Waals surface area contributed by atoms with Crippen molar-refractivity contribution in [2.75, 3.05) is 12.4 Å². The number of halogens is 1. The molecule has 2 heterocycles. The van der Waals surface area contributed by atoms with E-state index in [1.54, 1.807) is 7.11 Å². The summed E-state index contributed by atoms with van der Waals surface area (Å²) in [5.74, 6) is 0.841. The summed E-state index contributed by atoms with van der Waals surface area (Å²) >= 11 is 3.68. The Labute approximate surface area is 214 Å². The number of methoxy groups -OCH3 is 1. The second kappa shape index (κ2) is 9.42. The highest BCUT2D eigenvalue weighted by Crippen LogP contribution is 2.53. The van der Waals surface area contributed by atoms with Crippen LogP contribution in [0, 0.1) is 6.92 Å². The van der Waals surface area contributed by atoms with Crippen molar-refractivity contribution in [2.45, 2.75) is 46.3 Å². The highest BCUT2D eigenvalue weighted by Gasteiger charge is 2.35. The monoisotopic (exact) mass is 535 g/mol. The number of nitrogens with one attached hydrogen (secondary N) is 1. The van der Waals surface area contributed by atoms with Crippen LogP contribution >= 0.6 is 15.9 Å². The van der Waals surface area contributed by atoms with Crippen molar-refractivity contribution in [2.24, 2.45) is 0 Å². The van der Waals surface area contributed by atoms with Gasteiger partial charge >= 0.3 is 0 Å². The van der Waals surface area contributed by atoms with Gasteiger partial charge in [0.25, 0.3) is 5.97 Å². The number of aryl methyl sites for hydroxylation is 1. The molecule has 2 aliphatic rings. The molecule has 0 radical (unpaired) electrons. The molecule has 1 unspecified atom stereocenters. The standard InChI is InChI=1S/C27H26BrNO2.C2H4O2/c1-15-11-17(13-18(28)12-15)26-25-19(24-21(30-5)7-6-8-22(24)31-26)9-10-20-23(25)16(2)14-27(3,4)29-20;1-2(3)4/h6-14,26,29H,1-5H3;1H3,(H,3,4). The number of rotatable bonds is 2. The lowest BCUT2D eigenvalue weighted by molar-refractivity contribution is -0.134. The van der Waals surface area contributed by atoms with E-state index in [1.165, 1.54) is 22.3 Å². The number of benzene rings is 3. The Morgan fingerprint density at radius 2 is 1.83 bits per heavy atom. The molecule has 0 spiro atoms. The largest absolute Gasteiger partial charge is 0.496 e. The van der Waals surface area contributed by atoms with Crippen LogP contribution in [0.25, 0.3) is 16.7 Å². The fourth-order valence-corrected chi connectivity index (χ4v) is 5.64. The van der Waals surface area contributed by atoms with Crippen molar-refractivity contribution in [3.8, 4) is 22.6 Å². The number of allylic oxidation sites excluding steroid dienone is 1. The molecule has 0 saturated carbocycles. The molecule has 6 heteroatoms. The minimum Gasteiger partial charge on any atom is -0.496 e. The molecule has 2 N–H and O–H groups in total. The van der Waals surface area contributed by atoms with E-state index in [2.05, 4.69) is 85.3 Å². The molecule has 2 aliphatic heterocycles. The SMILES string of the molecule is CC(=O)O.COc1cccc2c1-c1ccc3c(c1C(c1cc(C)cc(Br)c1)O2)C(C)=CC(C)(C)N3. The molecule has 0 bridgehead atoms. The van der Waals surface area contributed by atoms with Gasteiger partial charge in [0.15, 0.2) is 6.10 Å². The Kier molecular flexibility index (Phi) is 6.69. The lowest BCUT2D eigenvalue weighted by Gasteiger charge is -2.37. The number of anilines is 1. The highest BCUT2D eigenvalue weighted by molar-refractivity contribution is 9.10. The molecule has 0 fully saturated rings. The lowest BCUT2D eigenvalue weighted by atomic mass is 9.80. The minimum atomic E-state index is -0.833. The predicted molar refractivity (Wildman–Crippen MR) is 144 cm³/mol. The van der Waals surface area contributed by atoms with Gasteiger partial charge in [-0.05, 0) is 80.3 Å². The van der Waals surface area contributed by atoms with Crippen LogP contribution in [0.2, 0.25) is 0 Å². The molecule has 1 atom stereocenters. The Hall–Kier alpha value is -3.25. The van der Waals surface area contributed by atoms with Crippen molar-refractivity contribution in [1.82, 2.24) is 0 Å². The smallest absolute Gasteiger partial charge is 0.300 e. The number of fused-ring (bicyclic) bond motifs is 5. The van der Waals surface area contributed by atoms with Crippen LogP contribution in [0.1, 0.15) is 56.1 Å². The van der Waals surface area contributed by atoms with Crippen molar-refractivity contribution < 1.29 is 19.4 Å². The normalized spacial score (nSPS) is 16.7. The van der Waals surface area contributed by atoms with E-state index in [9.17, 15) is 0 Å². The van der Waals surface area contributed by atoms with E-state index in [-0.39, 0.29) is 11.6 Å². The average Bonchev–Trinajstić information content (AvgIpc) is 2.75. The summed E-state index contributed by atoms with van der Waals surface area (Å²) in [4.78, 5) is 9.00. The first-order chi connectivity index (χ1) is 16.5. The zero-order valence-corrected chi connectivity index (χ0v) is 22.4. The molecule has 182 valence electrons. The molecule has 0 aromatic heterocycles. The average molecular weight is 536 g/mol. The highest BCUT2D eigenvalue weighted by atomic mass is 79.9. The molecule has 35 heavy (non-hydrogen) atoms. The number of hydrogen-bond acceptors (Lipinski definition) is 4. The van der Waals surface area contributed by atoms with Crippen molar-refractivity contribution in [1.29, 1.82) is 0 Å². The fraction of sp³-hybridized carbons (Fsp3) is 0.276. The number of aliphatic carboxylic acids is 1. The molecule has 0 saturated heterocycles. The Morgan fingerprint density at radius 3 is 2.49 bits per heavy atom. The van der Waals surface area contributed by atoms with Crippen LogP contribution in [0.5, 0.6) is 11.5 Å². The van der Waals surface area contributed by atoms with Gasteiger partial charge < -0.3 is 19.9 Å². The van der Waals surface area contributed by atoms with Gasteiger partial charge in [0.2, 0.25) is 0 Å². The number of ether oxygens (including phenoxy) is 2. The van der Waals surface area contributed by atoms with E-state index in [0.717, 1.165) is 45.3 Å². The zero-order valence-electron chi connectivity index (χ0n) is 20.8. The zero-order chi connectivity index (χ0) is 25.5. The molecule has 0 amide bonds. The Balaban J connectivity index is 0.000000672. The van der Waals surface area contributed by atoms with Crippen LogP contribution in [0.4, 0.5) is 5.69 Å². The molecule has 3 aromatic rings. The summed E-state index contributed by atoms with van der Waals surface area (Å²) in [5.41, 5.74) is 9.21. The van der Waals surface area contributed by atoms with Crippen molar-refractivity contribution in [3.63, 3.8) is 0 Å². The summed E-state index contributed by atoms with van der Waals surface area (Å²) in [5, 5.41) is 11.1. The van der Waals surface area contributed by atoms with E-state index < -0.39 is 5.97 Å². The van der Waals surface area contributed by atoms with Crippen LogP contribution in [-0.2, 0) is 4.79 Å². The van der Waals surface area contributed by atoms with Gasteiger partial charge in [-0.1, -0.05) is 40.2 Å². The summed E-state index contributed by atoms with van der Waals surface area (Å²) in [6, 6.07) is 16.9. The summed E-state index contributed by atoms with van der Waals surface area (Å²) in [7, 11) is 1.71. The Morgan fingerprint density at radius 1 is 1.11 bits per heavy atom. The van der Waals surface area contributed by atoms with Crippen LogP contribution in [0.3, 0.4) is 0 Å². The van der Waals surface area contributed by atoms with Gasteiger partial charge in [0.05, 0.1) is 18.2 Å². The quantitative estimate of drug-likeness (QED) is 0.353. The number of carboxylic acid groups (broad SMARTS) is 1.